The quantitative estimate of drug-likeness (QED) is 0.925. The summed E-state index contributed by atoms with van der Waals surface area (Å²) in [6.45, 7) is 4.43. The lowest BCUT2D eigenvalue weighted by atomic mass is 9.78. The van der Waals surface area contributed by atoms with Gasteiger partial charge in [-0.25, -0.2) is 0 Å². The Labute approximate surface area is 117 Å². The molecule has 1 saturated heterocycles. The molecule has 4 nitrogen and oxygen atoms in total. The lowest BCUT2D eigenvalue weighted by Gasteiger charge is -2.36. The van der Waals surface area contributed by atoms with Crippen LogP contribution in [0.4, 0.5) is 0 Å². The first kappa shape index (κ1) is 14.0. The molecule has 1 aromatic rings. The fourth-order valence-corrected chi connectivity index (χ4v) is 3.41. The average Bonchev–Trinajstić information content (AvgIpc) is 2.67. The van der Waals surface area contributed by atoms with E-state index in [0.717, 1.165) is 49.1 Å². The fourth-order valence-electron chi connectivity index (χ4n) is 2.65. The molecule has 1 unspecified atom stereocenters. The number of nitrogens with two attached hydrogens (primary N) is 1. The van der Waals surface area contributed by atoms with E-state index in [4.69, 9.17) is 10.5 Å². The van der Waals surface area contributed by atoms with Crippen LogP contribution in [0.1, 0.15) is 31.2 Å². The second kappa shape index (κ2) is 5.72. The van der Waals surface area contributed by atoms with Crippen LogP contribution in [-0.2, 0) is 24.6 Å². The minimum Gasteiger partial charge on any atom is -0.381 e. The minimum absolute atomic E-state index is 0.0829. The maximum Gasteiger partial charge on any atom is 0.0766 e. The molecular weight excluding hydrogens is 294 g/mol. The van der Waals surface area contributed by atoms with E-state index in [9.17, 15) is 0 Å². The van der Waals surface area contributed by atoms with Crippen LogP contribution < -0.4 is 5.73 Å². The Balaban J connectivity index is 2.24. The summed E-state index contributed by atoms with van der Waals surface area (Å²) in [4.78, 5) is 0. The molecule has 2 N–H and O–H groups in total. The molecule has 1 atom stereocenters. The Morgan fingerprint density at radius 1 is 1.56 bits per heavy atom. The van der Waals surface area contributed by atoms with Gasteiger partial charge in [-0.05, 0) is 41.6 Å². The topological polar surface area (TPSA) is 53.1 Å². The van der Waals surface area contributed by atoms with Gasteiger partial charge in [-0.1, -0.05) is 6.92 Å². The zero-order chi connectivity index (χ0) is 13.2. The molecule has 1 aromatic heterocycles. The van der Waals surface area contributed by atoms with Crippen molar-refractivity contribution in [3.8, 4) is 0 Å². The molecule has 2 heterocycles. The fraction of sp³-hybridized carbons (Fsp3) is 0.769. The molecule has 1 aliphatic heterocycles. The van der Waals surface area contributed by atoms with Crippen LogP contribution >= 0.6 is 15.9 Å². The van der Waals surface area contributed by atoms with Crippen molar-refractivity contribution >= 4 is 15.9 Å². The van der Waals surface area contributed by atoms with Crippen molar-refractivity contribution in [3.63, 3.8) is 0 Å². The highest BCUT2D eigenvalue weighted by Crippen LogP contribution is 2.34. The summed E-state index contributed by atoms with van der Waals surface area (Å²) in [5, 5.41) is 4.55. The molecule has 0 amide bonds. The molecule has 0 radical (unpaired) electrons. The van der Waals surface area contributed by atoms with Crippen molar-refractivity contribution in [3.05, 3.63) is 15.9 Å². The lowest BCUT2D eigenvalue weighted by molar-refractivity contribution is -0.00361. The van der Waals surface area contributed by atoms with Gasteiger partial charge in [-0.2, -0.15) is 5.10 Å². The number of aryl methyl sites for hydroxylation is 2. The van der Waals surface area contributed by atoms with Gasteiger partial charge in [0, 0.05) is 25.6 Å². The van der Waals surface area contributed by atoms with Gasteiger partial charge in [0.2, 0.25) is 0 Å². The van der Waals surface area contributed by atoms with Gasteiger partial charge in [0.15, 0.2) is 0 Å². The lowest BCUT2D eigenvalue weighted by Crippen LogP contribution is -2.41. The zero-order valence-electron chi connectivity index (χ0n) is 11.2. The predicted octanol–water partition coefficient (Wildman–Crippen LogP) is 2.04. The number of rotatable bonds is 4. The number of ether oxygens (including phenoxy) is 1. The van der Waals surface area contributed by atoms with E-state index in [-0.39, 0.29) is 5.41 Å². The van der Waals surface area contributed by atoms with Crippen LogP contribution in [0.2, 0.25) is 0 Å². The summed E-state index contributed by atoms with van der Waals surface area (Å²) in [5.74, 6) is 0. The first-order valence-corrected chi connectivity index (χ1v) is 7.39. The van der Waals surface area contributed by atoms with Gasteiger partial charge in [0.05, 0.1) is 22.5 Å². The highest BCUT2D eigenvalue weighted by Gasteiger charge is 2.33. The van der Waals surface area contributed by atoms with Gasteiger partial charge < -0.3 is 10.5 Å². The van der Waals surface area contributed by atoms with Crippen LogP contribution in [0.25, 0.3) is 0 Å². The van der Waals surface area contributed by atoms with E-state index >= 15 is 0 Å². The van der Waals surface area contributed by atoms with E-state index in [0.29, 0.717) is 6.54 Å². The van der Waals surface area contributed by atoms with Crippen LogP contribution in [0.5, 0.6) is 0 Å². The van der Waals surface area contributed by atoms with E-state index in [1.165, 1.54) is 5.69 Å². The van der Waals surface area contributed by atoms with Gasteiger partial charge in [-0.3, -0.25) is 4.68 Å². The van der Waals surface area contributed by atoms with Crippen molar-refractivity contribution in [2.24, 2.45) is 18.2 Å². The van der Waals surface area contributed by atoms with Gasteiger partial charge in [0.25, 0.3) is 0 Å². The molecule has 18 heavy (non-hydrogen) atoms. The Morgan fingerprint density at radius 3 is 2.83 bits per heavy atom. The maximum absolute atomic E-state index is 6.00. The Kier molecular flexibility index (Phi) is 4.45. The number of nitrogens with zero attached hydrogens (tertiary/aromatic N) is 2. The molecule has 5 heteroatoms. The molecule has 1 fully saturated rings. The molecule has 0 aliphatic carbocycles. The van der Waals surface area contributed by atoms with Crippen molar-refractivity contribution in [2.75, 3.05) is 19.8 Å². The van der Waals surface area contributed by atoms with Crippen LogP contribution in [0.3, 0.4) is 0 Å². The normalized spacial score (nSPS) is 24.4. The zero-order valence-corrected chi connectivity index (χ0v) is 12.8. The molecule has 1 aliphatic rings. The molecular formula is C13H22BrN3O. The Hall–Kier alpha value is -0.390. The van der Waals surface area contributed by atoms with E-state index < -0.39 is 0 Å². The standard InChI is InChI=1S/C13H22BrN3O/c1-3-10-12(14)11(17(2)16-10)7-13(8-15)5-4-6-18-9-13/h3-9,15H2,1-2H3. The predicted molar refractivity (Wildman–Crippen MR) is 75.5 cm³/mol. The molecule has 0 saturated carbocycles. The molecule has 2 rings (SSSR count). The number of halogens is 1. The maximum atomic E-state index is 6.00. The summed E-state index contributed by atoms with van der Waals surface area (Å²) in [6, 6.07) is 0. The largest absolute Gasteiger partial charge is 0.381 e. The van der Waals surface area contributed by atoms with Gasteiger partial charge in [0.1, 0.15) is 0 Å². The first-order valence-electron chi connectivity index (χ1n) is 6.60. The Morgan fingerprint density at radius 2 is 2.33 bits per heavy atom. The van der Waals surface area contributed by atoms with Crippen LogP contribution in [-0.4, -0.2) is 29.5 Å². The third-order valence-corrected chi connectivity index (χ3v) is 4.80. The van der Waals surface area contributed by atoms with Crippen LogP contribution in [0, 0.1) is 5.41 Å². The van der Waals surface area contributed by atoms with Crippen molar-refractivity contribution in [1.29, 1.82) is 0 Å². The molecule has 102 valence electrons. The van der Waals surface area contributed by atoms with Crippen LogP contribution in [0.15, 0.2) is 4.47 Å². The van der Waals surface area contributed by atoms with E-state index in [1.807, 2.05) is 11.7 Å². The molecule has 0 aromatic carbocycles. The Bertz CT molecular complexity index is 411. The molecule has 0 bridgehead atoms. The smallest absolute Gasteiger partial charge is 0.0766 e. The second-order valence-corrected chi connectivity index (χ2v) is 6.01. The number of hydrogen-bond donors (Lipinski definition) is 1. The highest BCUT2D eigenvalue weighted by molar-refractivity contribution is 9.10. The van der Waals surface area contributed by atoms with Gasteiger partial charge in [-0.15, -0.1) is 0 Å². The van der Waals surface area contributed by atoms with E-state index in [1.54, 1.807) is 0 Å². The first-order chi connectivity index (χ1) is 8.62. The highest BCUT2D eigenvalue weighted by atomic mass is 79.9. The number of aromatic nitrogens is 2. The third-order valence-electron chi connectivity index (χ3n) is 3.88. The van der Waals surface area contributed by atoms with Gasteiger partial charge >= 0.3 is 0 Å². The average molecular weight is 316 g/mol. The van der Waals surface area contributed by atoms with E-state index in [2.05, 4.69) is 28.0 Å². The SMILES string of the molecule is CCc1nn(C)c(CC2(CN)CCCOC2)c1Br. The number of hydrogen-bond acceptors (Lipinski definition) is 3. The van der Waals surface area contributed by atoms with Crippen molar-refractivity contribution in [2.45, 2.75) is 32.6 Å². The summed E-state index contributed by atoms with van der Waals surface area (Å²) < 4.78 is 8.76. The third kappa shape index (κ3) is 2.63. The minimum atomic E-state index is 0.0829. The summed E-state index contributed by atoms with van der Waals surface area (Å²) >= 11 is 3.68. The summed E-state index contributed by atoms with van der Waals surface area (Å²) in [6.07, 6.45) is 4.13. The molecule has 0 spiro atoms. The summed E-state index contributed by atoms with van der Waals surface area (Å²) in [7, 11) is 2.01. The second-order valence-electron chi connectivity index (χ2n) is 5.22. The van der Waals surface area contributed by atoms with Crippen molar-refractivity contribution < 1.29 is 4.74 Å². The van der Waals surface area contributed by atoms with Crippen molar-refractivity contribution in [1.82, 2.24) is 9.78 Å². The summed E-state index contributed by atoms with van der Waals surface area (Å²) in [5.41, 5.74) is 8.44. The monoisotopic (exact) mass is 315 g/mol.